The van der Waals surface area contributed by atoms with Crippen molar-refractivity contribution in [2.75, 3.05) is 7.11 Å². The number of aromatic nitrogens is 1. The van der Waals surface area contributed by atoms with Gasteiger partial charge >= 0.3 is 0 Å². The van der Waals surface area contributed by atoms with E-state index in [0.29, 0.717) is 6.42 Å². The van der Waals surface area contributed by atoms with Gasteiger partial charge in [0.2, 0.25) is 0 Å². The molecule has 0 fully saturated rings. The summed E-state index contributed by atoms with van der Waals surface area (Å²) in [5.74, 6) is -0.729. The summed E-state index contributed by atoms with van der Waals surface area (Å²) in [6.07, 6.45) is 4.17. The number of ether oxygens (including phenoxy) is 1. The first-order chi connectivity index (χ1) is 9.22. The summed E-state index contributed by atoms with van der Waals surface area (Å²) in [5, 5.41) is 0. The zero-order chi connectivity index (χ0) is 13.7. The second kappa shape index (κ2) is 6.09. The molecular weight excluding hydrogens is 245 g/mol. The molecule has 0 aliphatic carbocycles. The van der Waals surface area contributed by atoms with Gasteiger partial charge in [-0.05, 0) is 36.2 Å². The van der Waals surface area contributed by atoms with Crippen LogP contribution in [0.25, 0.3) is 0 Å². The van der Waals surface area contributed by atoms with Crippen LogP contribution in [0.3, 0.4) is 0 Å². The zero-order valence-corrected chi connectivity index (χ0v) is 10.6. The molecule has 1 aromatic heterocycles. The van der Waals surface area contributed by atoms with E-state index in [9.17, 15) is 9.18 Å². The van der Waals surface area contributed by atoms with Gasteiger partial charge in [0.05, 0.1) is 12.7 Å². The number of ketones is 1. The minimum Gasteiger partial charge on any atom is -0.494 e. The van der Waals surface area contributed by atoms with Crippen LogP contribution in [0.1, 0.15) is 22.3 Å². The van der Waals surface area contributed by atoms with Crippen molar-refractivity contribution in [3.8, 4) is 5.75 Å². The fraction of sp³-hybridized carbons (Fsp3) is 0.200. The number of halogens is 1. The van der Waals surface area contributed by atoms with Gasteiger partial charge in [-0.15, -0.1) is 0 Å². The molecule has 0 unspecified atom stereocenters. The maximum absolute atomic E-state index is 13.9. The highest BCUT2D eigenvalue weighted by atomic mass is 19.1. The predicted octanol–water partition coefficient (Wildman–Crippen LogP) is 3.04. The lowest BCUT2D eigenvalue weighted by Crippen LogP contribution is -2.05. The molecule has 0 amide bonds. The first kappa shape index (κ1) is 13.2. The van der Waals surface area contributed by atoms with Crippen molar-refractivity contribution < 1.29 is 13.9 Å². The van der Waals surface area contributed by atoms with Crippen LogP contribution < -0.4 is 4.74 Å². The number of pyridine rings is 1. The number of rotatable bonds is 5. The van der Waals surface area contributed by atoms with E-state index in [1.165, 1.54) is 19.2 Å². The van der Waals surface area contributed by atoms with Crippen molar-refractivity contribution in [1.82, 2.24) is 4.98 Å². The quantitative estimate of drug-likeness (QED) is 0.775. The van der Waals surface area contributed by atoms with Crippen LogP contribution in [0.2, 0.25) is 0 Å². The number of carbonyl (C=O) groups excluding carboxylic acids is 1. The Labute approximate surface area is 111 Å². The van der Waals surface area contributed by atoms with Gasteiger partial charge in [-0.2, -0.15) is 0 Å². The van der Waals surface area contributed by atoms with Crippen molar-refractivity contribution in [2.24, 2.45) is 0 Å². The average Bonchev–Trinajstić information content (AvgIpc) is 2.46. The summed E-state index contributed by atoms with van der Waals surface area (Å²) in [6, 6.07) is 8.27. The van der Waals surface area contributed by atoms with Crippen LogP contribution in [-0.2, 0) is 6.42 Å². The molecule has 0 spiro atoms. The summed E-state index contributed by atoms with van der Waals surface area (Å²) in [6.45, 7) is 0. The first-order valence-corrected chi connectivity index (χ1v) is 5.97. The number of Topliss-reactive ketones (excluding diaryl/α,β-unsaturated/α-hetero) is 1. The Balaban J connectivity index is 2.08. The van der Waals surface area contributed by atoms with Gasteiger partial charge in [-0.25, -0.2) is 4.39 Å². The van der Waals surface area contributed by atoms with Crippen LogP contribution in [0, 0.1) is 5.82 Å². The predicted molar refractivity (Wildman–Crippen MR) is 69.8 cm³/mol. The third kappa shape index (κ3) is 3.16. The summed E-state index contributed by atoms with van der Waals surface area (Å²) < 4.78 is 18.8. The Morgan fingerprint density at radius 3 is 2.68 bits per heavy atom. The van der Waals surface area contributed by atoms with Gasteiger partial charge in [0.25, 0.3) is 0 Å². The standard InChI is InChI=1S/C15H14FNO2/c1-19-14-4-2-3-12(15(14)16)13(18)6-5-11-7-9-17-10-8-11/h2-4,7-10H,5-6H2,1H3. The second-order valence-corrected chi connectivity index (χ2v) is 4.10. The van der Waals surface area contributed by atoms with E-state index in [1.54, 1.807) is 18.5 Å². The number of hydrogen-bond donors (Lipinski definition) is 0. The molecule has 0 atom stereocenters. The molecule has 2 aromatic rings. The lowest BCUT2D eigenvalue weighted by Gasteiger charge is -2.06. The molecule has 0 aliphatic rings. The molecule has 4 heteroatoms. The van der Waals surface area contributed by atoms with Gasteiger partial charge in [0, 0.05) is 18.8 Å². The van der Waals surface area contributed by atoms with Crippen LogP contribution >= 0.6 is 0 Å². The largest absolute Gasteiger partial charge is 0.494 e. The average molecular weight is 259 g/mol. The summed E-state index contributed by atoms with van der Waals surface area (Å²) in [7, 11) is 1.38. The molecule has 2 rings (SSSR count). The van der Waals surface area contributed by atoms with Crippen LogP contribution in [0.15, 0.2) is 42.7 Å². The summed E-state index contributed by atoms with van der Waals surface area (Å²) in [4.78, 5) is 15.9. The molecule has 1 heterocycles. The van der Waals surface area contributed by atoms with Gasteiger partial charge in [-0.3, -0.25) is 9.78 Å². The fourth-order valence-corrected chi connectivity index (χ4v) is 1.83. The van der Waals surface area contributed by atoms with E-state index in [4.69, 9.17) is 4.74 Å². The van der Waals surface area contributed by atoms with Gasteiger partial charge < -0.3 is 4.74 Å². The Kier molecular flexibility index (Phi) is 4.23. The van der Waals surface area contributed by atoms with Crippen molar-refractivity contribution >= 4 is 5.78 Å². The SMILES string of the molecule is COc1cccc(C(=O)CCc2ccncc2)c1F. The van der Waals surface area contributed by atoms with Crippen molar-refractivity contribution in [1.29, 1.82) is 0 Å². The van der Waals surface area contributed by atoms with E-state index in [2.05, 4.69) is 4.98 Å². The molecule has 0 radical (unpaired) electrons. The van der Waals surface area contributed by atoms with E-state index >= 15 is 0 Å². The van der Waals surface area contributed by atoms with Crippen LogP contribution in [0.4, 0.5) is 4.39 Å². The third-order valence-corrected chi connectivity index (χ3v) is 2.87. The molecule has 0 aliphatic heterocycles. The molecule has 0 N–H and O–H groups in total. The highest BCUT2D eigenvalue weighted by molar-refractivity contribution is 5.96. The van der Waals surface area contributed by atoms with E-state index in [1.807, 2.05) is 12.1 Å². The smallest absolute Gasteiger partial charge is 0.175 e. The van der Waals surface area contributed by atoms with Crippen molar-refractivity contribution in [2.45, 2.75) is 12.8 Å². The molecule has 0 saturated carbocycles. The van der Waals surface area contributed by atoms with E-state index in [0.717, 1.165) is 5.56 Å². The van der Waals surface area contributed by atoms with Gasteiger partial charge in [0.1, 0.15) is 0 Å². The van der Waals surface area contributed by atoms with Crippen LogP contribution in [-0.4, -0.2) is 17.9 Å². The monoisotopic (exact) mass is 259 g/mol. The van der Waals surface area contributed by atoms with Crippen molar-refractivity contribution in [3.05, 3.63) is 59.7 Å². The Morgan fingerprint density at radius 2 is 2.00 bits per heavy atom. The minimum atomic E-state index is -0.593. The topological polar surface area (TPSA) is 39.2 Å². The Hall–Kier alpha value is -2.23. The first-order valence-electron chi connectivity index (χ1n) is 5.97. The highest BCUT2D eigenvalue weighted by Gasteiger charge is 2.15. The number of methoxy groups -OCH3 is 1. The number of hydrogen-bond acceptors (Lipinski definition) is 3. The maximum Gasteiger partial charge on any atom is 0.175 e. The number of nitrogens with zero attached hydrogens (tertiary/aromatic N) is 1. The fourth-order valence-electron chi connectivity index (χ4n) is 1.83. The summed E-state index contributed by atoms with van der Waals surface area (Å²) >= 11 is 0. The molecule has 0 bridgehead atoms. The molecule has 98 valence electrons. The number of carbonyl (C=O) groups is 1. The number of aryl methyl sites for hydroxylation is 1. The number of benzene rings is 1. The van der Waals surface area contributed by atoms with Crippen LogP contribution in [0.5, 0.6) is 5.75 Å². The van der Waals surface area contributed by atoms with E-state index in [-0.39, 0.29) is 23.5 Å². The van der Waals surface area contributed by atoms with Gasteiger partial charge in [-0.1, -0.05) is 6.07 Å². The lowest BCUT2D eigenvalue weighted by molar-refractivity contribution is 0.0978. The minimum absolute atomic E-state index is 0.0772. The Morgan fingerprint density at radius 1 is 1.26 bits per heavy atom. The maximum atomic E-state index is 13.9. The summed E-state index contributed by atoms with van der Waals surface area (Å²) in [5.41, 5.74) is 1.08. The lowest BCUT2D eigenvalue weighted by atomic mass is 10.0. The Bertz CT molecular complexity index is 570. The van der Waals surface area contributed by atoms with E-state index < -0.39 is 5.82 Å². The normalized spacial score (nSPS) is 10.2. The zero-order valence-electron chi connectivity index (χ0n) is 10.6. The highest BCUT2D eigenvalue weighted by Crippen LogP contribution is 2.21. The molecule has 1 aromatic carbocycles. The van der Waals surface area contributed by atoms with Crippen molar-refractivity contribution in [3.63, 3.8) is 0 Å². The molecule has 3 nitrogen and oxygen atoms in total. The third-order valence-electron chi connectivity index (χ3n) is 2.87. The molecular formula is C15H14FNO2. The second-order valence-electron chi connectivity index (χ2n) is 4.10. The van der Waals surface area contributed by atoms with Gasteiger partial charge in [0.15, 0.2) is 17.3 Å². The molecule has 0 saturated heterocycles. The molecule has 19 heavy (non-hydrogen) atoms.